The van der Waals surface area contributed by atoms with Crippen LogP contribution >= 0.6 is 15.9 Å². The van der Waals surface area contributed by atoms with Gasteiger partial charge >= 0.3 is 0 Å². The third-order valence-electron chi connectivity index (χ3n) is 2.65. The molecule has 0 radical (unpaired) electrons. The van der Waals surface area contributed by atoms with Crippen LogP contribution in [0.3, 0.4) is 0 Å². The van der Waals surface area contributed by atoms with E-state index in [9.17, 15) is 12.8 Å². The number of benzene rings is 1. The zero-order chi connectivity index (χ0) is 15.5. The van der Waals surface area contributed by atoms with Crippen LogP contribution in [0.25, 0.3) is 0 Å². The highest BCUT2D eigenvalue weighted by Gasteiger charge is 2.28. The smallest absolute Gasteiger partial charge is 0.207 e. The molecule has 114 valence electrons. The summed E-state index contributed by atoms with van der Waals surface area (Å²) >= 11 is 3.13. The minimum atomic E-state index is -3.80. The van der Waals surface area contributed by atoms with Crippen LogP contribution in [0.2, 0.25) is 0 Å². The molecule has 0 aromatic heterocycles. The van der Waals surface area contributed by atoms with Gasteiger partial charge in [-0.05, 0) is 30.0 Å². The largest absolute Gasteiger partial charge is 0.246 e. The van der Waals surface area contributed by atoms with E-state index >= 15 is 0 Å². The Balaban J connectivity index is 3.21. The van der Waals surface area contributed by atoms with Crippen molar-refractivity contribution in [1.82, 2.24) is 4.31 Å². The molecule has 0 heterocycles. The minimum Gasteiger partial charge on any atom is -0.207 e. The fourth-order valence-corrected chi connectivity index (χ4v) is 4.05. The summed E-state index contributed by atoms with van der Waals surface area (Å²) < 4.78 is 41.0. The third-order valence-corrected chi connectivity index (χ3v) is 5.01. The molecule has 0 saturated heterocycles. The molecule has 0 amide bonds. The average molecular weight is 366 g/mol. The second-order valence-electron chi connectivity index (χ2n) is 5.68. The summed E-state index contributed by atoms with van der Waals surface area (Å²) in [5.41, 5.74) is 0. The fourth-order valence-electron chi connectivity index (χ4n) is 1.91. The van der Waals surface area contributed by atoms with Crippen molar-refractivity contribution >= 4 is 26.0 Å². The van der Waals surface area contributed by atoms with Crippen LogP contribution < -0.4 is 0 Å². The Morgan fingerprint density at radius 3 is 2.05 bits per heavy atom. The van der Waals surface area contributed by atoms with Gasteiger partial charge < -0.3 is 0 Å². The van der Waals surface area contributed by atoms with Gasteiger partial charge in [-0.25, -0.2) is 12.8 Å². The second kappa shape index (κ2) is 7.00. The molecule has 1 aromatic carbocycles. The van der Waals surface area contributed by atoms with Crippen molar-refractivity contribution in [2.75, 3.05) is 13.1 Å². The van der Waals surface area contributed by atoms with Crippen LogP contribution in [0.15, 0.2) is 27.6 Å². The lowest BCUT2D eigenvalue weighted by molar-refractivity contribution is 0.332. The summed E-state index contributed by atoms with van der Waals surface area (Å²) in [4.78, 5) is -0.262. The van der Waals surface area contributed by atoms with Gasteiger partial charge in [0, 0.05) is 17.6 Å². The van der Waals surface area contributed by atoms with Gasteiger partial charge in [0.15, 0.2) is 0 Å². The Hall–Kier alpha value is -0.460. The van der Waals surface area contributed by atoms with E-state index in [0.29, 0.717) is 17.6 Å². The Kier molecular flexibility index (Phi) is 6.16. The monoisotopic (exact) mass is 365 g/mol. The quantitative estimate of drug-likeness (QED) is 0.766. The highest BCUT2D eigenvalue weighted by atomic mass is 79.9. The Morgan fingerprint density at radius 1 is 1.15 bits per heavy atom. The number of hydrogen-bond donors (Lipinski definition) is 0. The Bertz CT molecular complexity index is 548. The molecule has 0 aliphatic carbocycles. The van der Waals surface area contributed by atoms with Crippen molar-refractivity contribution in [1.29, 1.82) is 0 Å². The molecule has 0 atom stereocenters. The molecule has 0 fully saturated rings. The summed E-state index contributed by atoms with van der Waals surface area (Å²) in [6.07, 6.45) is 0. The van der Waals surface area contributed by atoms with Crippen molar-refractivity contribution in [3.05, 3.63) is 28.5 Å². The van der Waals surface area contributed by atoms with Crippen LogP contribution in [0.4, 0.5) is 4.39 Å². The van der Waals surface area contributed by atoms with Crippen LogP contribution in [0.1, 0.15) is 27.7 Å². The van der Waals surface area contributed by atoms with Crippen molar-refractivity contribution in [3.63, 3.8) is 0 Å². The molecule has 0 N–H and O–H groups in total. The normalized spacial score (nSPS) is 12.7. The first-order chi connectivity index (χ1) is 9.14. The Morgan fingerprint density at radius 2 is 1.65 bits per heavy atom. The molecular formula is C14H21BrFNO2S. The van der Waals surface area contributed by atoms with Gasteiger partial charge in [-0.1, -0.05) is 43.6 Å². The fraction of sp³-hybridized carbons (Fsp3) is 0.571. The molecule has 20 heavy (non-hydrogen) atoms. The lowest BCUT2D eigenvalue weighted by Gasteiger charge is -2.25. The highest BCUT2D eigenvalue weighted by molar-refractivity contribution is 9.10. The second-order valence-corrected chi connectivity index (χ2v) is 8.51. The first kappa shape index (κ1) is 17.6. The molecule has 0 saturated carbocycles. The van der Waals surface area contributed by atoms with Gasteiger partial charge in [0.2, 0.25) is 10.0 Å². The van der Waals surface area contributed by atoms with Crippen LogP contribution in [0.5, 0.6) is 0 Å². The predicted molar refractivity (Wildman–Crippen MR) is 82.5 cm³/mol. The standard InChI is InChI=1S/C14H21BrFNO2S/c1-10(2)8-17(9-11(3)4)20(18,19)14-6-5-12(15)7-13(14)16/h5-7,10-11H,8-9H2,1-4H3. The van der Waals surface area contributed by atoms with E-state index in [4.69, 9.17) is 0 Å². The van der Waals surface area contributed by atoms with E-state index < -0.39 is 15.8 Å². The van der Waals surface area contributed by atoms with Crippen LogP contribution in [-0.4, -0.2) is 25.8 Å². The summed E-state index contributed by atoms with van der Waals surface area (Å²) in [6, 6.07) is 4.02. The van der Waals surface area contributed by atoms with E-state index in [1.54, 1.807) is 6.07 Å². The number of rotatable bonds is 6. The van der Waals surface area contributed by atoms with Crippen LogP contribution in [0, 0.1) is 17.7 Å². The van der Waals surface area contributed by atoms with Gasteiger partial charge in [-0.3, -0.25) is 0 Å². The minimum absolute atomic E-state index is 0.182. The van der Waals surface area contributed by atoms with E-state index in [1.807, 2.05) is 27.7 Å². The molecule has 0 bridgehead atoms. The van der Waals surface area contributed by atoms with Gasteiger partial charge in [0.1, 0.15) is 10.7 Å². The van der Waals surface area contributed by atoms with Crippen molar-refractivity contribution in [3.8, 4) is 0 Å². The molecule has 0 unspecified atom stereocenters. The van der Waals surface area contributed by atoms with Crippen LogP contribution in [-0.2, 0) is 10.0 Å². The maximum absolute atomic E-state index is 13.9. The van der Waals surface area contributed by atoms with Gasteiger partial charge in [-0.2, -0.15) is 4.31 Å². The SMILES string of the molecule is CC(C)CN(CC(C)C)S(=O)(=O)c1ccc(Br)cc1F. The predicted octanol–water partition coefficient (Wildman–Crippen LogP) is 3.89. The molecule has 3 nitrogen and oxygen atoms in total. The zero-order valence-corrected chi connectivity index (χ0v) is 14.6. The van der Waals surface area contributed by atoms with Gasteiger partial charge in [-0.15, -0.1) is 0 Å². The maximum Gasteiger partial charge on any atom is 0.246 e. The number of halogens is 2. The molecule has 0 aliphatic heterocycles. The number of hydrogen-bond acceptors (Lipinski definition) is 2. The maximum atomic E-state index is 13.9. The first-order valence-electron chi connectivity index (χ1n) is 6.59. The molecule has 6 heteroatoms. The molecule has 0 spiro atoms. The summed E-state index contributed by atoms with van der Waals surface area (Å²) in [5, 5.41) is 0. The zero-order valence-electron chi connectivity index (χ0n) is 12.2. The van der Waals surface area contributed by atoms with Crippen molar-refractivity contribution < 1.29 is 12.8 Å². The third kappa shape index (κ3) is 4.53. The summed E-state index contributed by atoms with van der Waals surface area (Å²) in [5.74, 6) is -0.360. The Labute approximate surface area is 129 Å². The molecule has 1 rings (SSSR count). The first-order valence-corrected chi connectivity index (χ1v) is 8.83. The number of nitrogens with zero attached hydrogens (tertiary/aromatic N) is 1. The lowest BCUT2D eigenvalue weighted by Crippen LogP contribution is -2.37. The number of sulfonamides is 1. The van der Waals surface area contributed by atoms with Crippen molar-refractivity contribution in [2.45, 2.75) is 32.6 Å². The topological polar surface area (TPSA) is 37.4 Å². The van der Waals surface area contributed by atoms with E-state index in [0.717, 1.165) is 0 Å². The lowest BCUT2D eigenvalue weighted by atomic mass is 10.2. The summed E-state index contributed by atoms with van der Waals surface area (Å²) in [7, 11) is -3.80. The van der Waals surface area contributed by atoms with E-state index in [2.05, 4.69) is 15.9 Å². The average Bonchev–Trinajstić information content (AvgIpc) is 2.26. The molecule has 1 aromatic rings. The van der Waals surface area contributed by atoms with Crippen molar-refractivity contribution in [2.24, 2.45) is 11.8 Å². The molecular weight excluding hydrogens is 345 g/mol. The van der Waals surface area contributed by atoms with E-state index in [-0.39, 0.29) is 16.7 Å². The van der Waals surface area contributed by atoms with Gasteiger partial charge in [0.25, 0.3) is 0 Å². The molecule has 0 aliphatic rings. The van der Waals surface area contributed by atoms with E-state index in [1.165, 1.54) is 16.4 Å². The summed E-state index contributed by atoms with van der Waals surface area (Å²) in [6.45, 7) is 8.55. The highest BCUT2D eigenvalue weighted by Crippen LogP contribution is 2.24. The van der Waals surface area contributed by atoms with Gasteiger partial charge in [0.05, 0.1) is 0 Å².